The average molecular weight is 361 g/mol. The number of aliphatic hydroxyl groups is 1. The number of hydrogen-bond donors (Lipinski definition) is 3. The quantitative estimate of drug-likeness (QED) is 0.434. The molecular weight excluding hydrogens is 350 g/mol. The predicted octanol–water partition coefficient (Wildman–Crippen LogP) is 2.39. The van der Waals surface area contributed by atoms with Crippen LogP contribution in [-0.4, -0.2) is 37.0 Å². The smallest absolute Gasteiger partial charge is 0.266 e. The number of rotatable bonds is 3. The van der Waals surface area contributed by atoms with E-state index in [0.717, 1.165) is 4.48 Å². The Morgan fingerprint density at radius 2 is 2.25 bits per heavy atom. The van der Waals surface area contributed by atoms with Crippen molar-refractivity contribution in [3.63, 3.8) is 0 Å². The second-order valence-corrected chi connectivity index (χ2v) is 5.56. The molecule has 3 N–H and O–H groups in total. The summed E-state index contributed by atoms with van der Waals surface area (Å²) in [7, 11) is 0. The van der Waals surface area contributed by atoms with Crippen molar-refractivity contribution in [1.29, 1.82) is 0 Å². The van der Waals surface area contributed by atoms with E-state index >= 15 is 0 Å². The molecule has 0 aliphatic heterocycles. The van der Waals surface area contributed by atoms with Crippen molar-refractivity contribution in [2.75, 3.05) is 5.43 Å². The average Bonchev–Trinajstić information content (AvgIpc) is 2.39. The summed E-state index contributed by atoms with van der Waals surface area (Å²) in [5.41, 5.74) is 3.30. The van der Waals surface area contributed by atoms with Crippen LogP contribution in [0.5, 0.6) is 5.88 Å². The van der Waals surface area contributed by atoms with Crippen LogP contribution in [0.15, 0.2) is 27.0 Å². The Kier molecular flexibility index (Phi) is 4.56. The summed E-state index contributed by atoms with van der Waals surface area (Å²) in [6, 6.07) is 0. The van der Waals surface area contributed by atoms with E-state index in [9.17, 15) is 10.2 Å². The molecule has 0 bridgehead atoms. The van der Waals surface area contributed by atoms with Crippen molar-refractivity contribution in [3.8, 4) is 5.88 Å². The van der Waals surface area contributed by atoms with E-state index in [2.05, 4.69) is 41.6 Å². The van der Waals surface area contributed by atoms with Crippen molar-refractivity contribution < 1.29 is 10.2 Å². The number of halogens is 2. The molecule has 2 rings (SSSR count). The van der Waals surface area contributed by atoms with E-state index in [-0.39, 0.29) is 17.6 Å². The Morgan fingerprint density at radius 3 is 2.95 bits per heavy atom. The third-order valence-corrected chi connectivity index (χ3v) is 3.39. The highest BCUT2D eigenvalue weighted by atomic mass is 79.9. The number of nitrogens with one attached hydrogen (secondary N) is 1. The minimum absolute atomic E-state index is 0.0470. The molecule has 0 spiro atoms. The molecule has 1 aromatic heterocycles. The number of alkyl halides is 1. The van der Waals surface area contributed by atoms with Gasteiger partial charge >= 0.3 is 0 Å². The fourth-order valence-electron chi connectivity index (χ4n) is 1.43. The molecule has 0 fully saturated rings. The van der Waals surface area contributed by atoms with E-state index in [1.165, 1.54) is 6.21 Å². The van der Waals surface area contributed by atoms with Gasteiger partial charge in [-0.2, -0.15) is 10.1 Å². The molecule has 0 radical (unpaired) electrons. The molecular formula is C11H11BrClN5O2. The summed E-state index contributed by atoms with van der Waals surface area (Å²) in [6.45, 7) is 1.58. The van der Waals surface area contributed by atoms with Gasteiger partial charge in [-0.15, -0.1) is 21.8 Å². The fourth-order valence-corrected chi connectivity index (χ4v) is 2.48. The Morgan fingerprint density at radius 1 is 1.50 bits per heavy atom. The Hall–Kier alpha value is -1.67. The van der Waals surface area contributed by atoms with Gasteiger partial charge < -0.3 is 10.2 Å². The van der Waals surface area contributed by atoms with Crippen LogP contribution in [-0.2, 0) is 0 Å². The first-order chi connectivity index (χ1) is 9.47. The van der Waals surface area contributed by atoms with E-state index < -0.39 is 5.38 Å². The second kappa shape index (κ2) is 6.19. The summed E-state index contributed by atoms with van der Waals surface area (Å²) in [5.74, 6) is -0.127. The number of aromatic hydroxyl groups is 1. The normalized spacial score (nSPS) is 19.4. The third-order valence-electron chi connectivity index (χ3n) is 2.48. The van der Waals surface area contributed by atoms with Gasteiger partial charge in [0.2, 0.25) is 5.88 Å². The van der Waals surface area contributed by atoms with Crippen molar-refractivity contribution in [2.24, 2.45) is 5.10 Å². The van der Waals surface area contributed by atoms with Crippen molar-refractivity contribution in [2.45, 2.75) is 18.7 Å². The van der Waals surface area contributed by atoms with Crippen LogP contribution in [0.2, 0.25) is 0 Å². The molecule has 1 unspecified atom stereocenters. The molecule has 1 atom stereocenters. The molecule has 0 amide bonds. The van der Waals surface area contributed by atoms with Crippen LogP contribution in [0.25, 0.3) is 0 Å². The number of aliphatic hydroxyl groups excluding tert-OH is 1. The molecule has 0 saturated carbocycles. The van der Waals surface area contributed by atoms with Gasteiger partial charge in [0.1, 0.15) is 11.5 Å². The minimum atomic E-state index is -0.489. The lowest BCUT2D eigenvalue weighted by atomic mass is 10.1. The molecule has 1 aliphatic rings. The summed E-state index contributed by atoms with van der Waals surface area (Å²) in [4.78, 5) is 3.73. The number of nitrogens with zero attached hydrogens (tertiary/aromatic N) is 4. The van der Waals surface area contributed by atoms with Gasteiger partial charge in [-0.05, 0) is 17.5 Å². The van der Waals surface area contributed by atoms with E-state index in [1.807, 2.05) is 0 Å². The highest BCUT2D eigenvalue weighted by molar-refractivity contribution is 9.11. The standard InChI is InChI=1S/C11H11BrClN5O2/c1-5-10(20)15-11(18-16-5)17-14-4-6-2-7(12)3-8(13)9(6)19/h2,4,8,19H,3H2,1H3,(H2,15,17,18,20)/b14-4+. The van der Waals surface area contributed by atoms with Gasteiger partial charge in [-0.25, -0.2) is 5.43 Å². The van der Waals surface area contributed by atoms with Crippen LogP contribution >= 0.6 is 27.5 Å². The van der Waals surface area contributed by atoms with Gasteiger partial charge in [0.15, 0.2) is 0 Å². The number of hydrogen-bond acceptors (Lipinski definition) is 7. The molecule has 0 aromatic carbocycles. The van der Waals surface area contributed by atoms with Crippen LogP contribution in [0.4, 0.5) is 5.95 Å². The molecule has 1 aliphatic carbocycles. The van der Waals surface area contributed by atoms with Crippen LogP contribution in [0.3, 0.4) is 0 Å². The maximum Gasteiger partial charge on any atom is 0.266 e. The largest absolute Gasteiger partial charge is 0.510 e. The predicted molar refractivity (Wildman–Crippen MR) is 79.3 cm³/mol. The maximum atomic E-state index is 9.81. The Bertz CT molecular complexity index is 617. The lowest BCUT2D eigenvalue weighted by Gasteiger charge is -2.15. The monoisotopic (exact) mass is 359 g/mol. The Balaban J connectivity index is 2.10. The molecule has 9 heteroatoms. The van der Waals surface area contributed by atoms with Gasteiger partial charge in [0.25, 0.3) is 5.95 Å². The van der Waals surface area contributed by atoms with Gasteiger partial charge in [-0.1, -0.05) is 15.9 Å². The van der Waals surface area contributed by atoms with Crippen LogP contribution in [0, 0.1) is 6.92 Å². The van der Waals surface area contributed by atoms with Gasteiger partial charge in [0.05, 0.1) is 11.6 Å². The zero-order chi connectivity index (χ0) is 14.7. The molecule has 0 saturated heterocycles. The van der Waals surface area contributed by atoms with Crippen LogP contribution < -0.4 is 5.43 Å². The maximum absolute atomic E-state index is 9.81. The van der Waals surface area contributed by atoms with Gasteiger partial charge in [0, 0.05) is 12.0 Å². The summed E-state index contributed by atoms with van der Waals surface area (Å²) >= 11 is 9.29. The number of aromatic nitrogens is 3. The zero-order valence-electron chi connectivity index (χ0n) is 10.4. The number of aryl methyl sites for hydroxylation is 1. The first-order valence-corrected chi connectivity index (χ1v) is 6.83. The second-order valence-electron chi connectivity index (χ2n) is 4.02. The molecule has 1 heterocycles. The van der Waals surface area contributed by atoms with E-state index in [4.69, 9.17) is 11.6 Å². The molecule has 7 nitrogen and oxygen atoms in total. The lowest BCUT2D eigenvalue weighted by Crippen LogP contribution is -2.11. The van der Waals surface area contributed by atoms with Gasteiger partial charge in [-0.3, -0.25) is 0 Å². The minimum Gasteiger partial charge on any atom is -0.510 e. The first-order valence-electron chi connectivity index (χ1n) is 5.60. The van der Waals surface area contributed by atoms with Crippen molar-refractivity contribution in [3.05, 3.63) is 27.6 Å². The molecule has 106 valence electrons. The molecule has 20 heavy (non-hydrogen) atoms. The SMILES string of the molecule is Cc1nnc(N/N=C/C2=C(O)C(Cl)CC(Br)=C2)nc1O. The Labute approximate surface area is 128 Å². The fraction of sp³-hybridized carbons (Fsp3) is 0.273. The summed E-state index contributed by atoms with van der Waals surface area (Å²) < 4.78 is 0.864. The highest BCUT2D eigenvalue weighted by Crippen LogP contribution is 2.29. The highest BCUT2D eigenvalue weighted by Gasteiger charge is 2.19. The number of anilines is 1. The lowest BCUT2D eigenvalue weighted by molar-refractivity contribution is 0.387. The van der Waals surface area contributed by atoms with Crippen molar-refractivity contribution in [1.82, 2.24) is 15.2 Å². The van der Waals surface area contributed by atoms with Crippen molar-refractivity contribution >= 4 is 39.7 Å². The van der Waals surface area contributed by atoms with E-state index in [0.29, 0.717) is 17.7 Å². The molecule has 1 aromatic rings. The number of allylic oxidation sites excluding steroid dienone is 4. The number of hydrazone groups is 1. The summed E-state index contributed by atoms with van der Waals surface area (Å²) in [6.07, 6.45) is 3.62. The topological polar surface area (TPSA) is 104 Å². The third kappa shape index (κ3) is 3.45. The van der Waals surface area contributed by atoms with E-state index in [1.54, 1.807) is 13.0 Å². The zero-order valence-corrected chi connectivity index (χ0v) is 12.7. The summed E-state index contributed by atoms with van der Waals surface area (Å²) in [5, 5.41) is 29.9. The van der Waals surface area contributed by atoms with Crippen LogP contribution in [0.1, 0.15) is 12.1 Å². The first kappa shape index (κ1) is 14.7.